The van der Waals surface area contributed by atoms with Crippen LogP contribution in [-0.4, -0.2) is 49.8 Å². The SMILES string of the molecule is Cc1cccc(C)c1-c1ncc[c-]c1-c1cc(C(C)(C)C)ccn1.Cc1cccc(C)c1-c1ncc[c-]c1-c1cc(CC(C)C)ccn1.Cc1cccc(C)c1-c1ncc[c-]c1-c1cc2c(cn1)CCCC2.Cc1cccc(C)c1-c1ncc[c-]c1-c1ccccn1.Cc1ccnc(-c2[c-]ccnc2-c2c(C)cccc2C)c1.[Ir].[Ir].[Ir].[Ir].[Ir]. The molecule has 0 aliphatic heterocycles. The Morgan fingerprint density at radius 3 is 0.949 bits per heavy atom. The predicted molar refractivity (Wildman–Crippen MR) is 465 cm³/mol. The number of hydrogen-bond donors (Lipinski definition) is 0. The molecule has 0 unspecified atom stereocenters. The molecule has 1 aliphatic carbocycles. The molecule has 0 N–H and O–H groups in total. The summed E-state index contributed by atoms with van der Waals surface area (Å²) >= 11 is 0. The van der Waals surface area contributed by atoms with Gasteiger partial charge in [0.25, 0.3) is 0 Å². The van der Waals surface area contributed by atoms with Crippen LogP contribution in [0.2, 0.25) is 0 Å². The number of benzene rings is 5. The smallest absolute Gasteiger partial charge is 0.0195 e. The van der Waals surface area contributed by atoms with Crippen molar-refractivity contribution in [1.82, 2.24) is 49.8 Å². The minimum absolute atomic E-state index is 0. The maximum Gasteiger partial charge on any atom is 0.0195 e. The molecule has 1 aliphatic rings. The topological polar surface area (TPSA) is 129 Å². The first-order valence-electron chi connectivity index (χ1n) is 39.0. The minimum Gasteiger partial charge on any atom is -0.352 e. The van der Waals surface area contributed by atoms with Crippen LogP contribution in [0.15, 0.2) is 244 Å². The van der Waals surface area contributed by atoms with Crippen molar-refractivity contribution in [2.75, 3.05) is 0 Å². The van der Waals surface area contributed by atoms with Gasteiger partial charge in [-0.25, -0.2) is 0 Å². The average molecular weight is 2440 g/mol. The molecule has 15 aromatic rings. The summed E-state index contributed by atoms with van der Waals surface area (Å²) in [6.45, 7) is 34.4. The zero-order chi connectivity index (χ0) is 79.7. The van der Waals surface area contributed by atoms with Crippen molar-refractivity contribution in [3.05, 3.63) is 358 Å². The Kier molecular flexibility index (Phi) is 36.9. The predicted octanol–water partition coefficient (Wildman–Crippen LogP) is 24.8. The molecular formula is C103H99Ir5N10-5. The van der Waals surface area contributed by atoms with E-state index in [1.807, 2.05) is 85.6 Å². The summed E-state index contributed by atoms with van der Waals surface area (Å²) in [6.07, 6.45) is 24.4. The summed E-state index contributed by atoms with van der Waals surface area (Å²) in [5.41, 5.74) is 39.1. The quantitative estimate of drug-likeness (QED) is 0.109. The number of aromatic nitrogens is 10. The molecule has 0 saturated carbocycles. The molecule has 16 rings (SSSR count). The van der Waals surface area contributed by atoms with E-state index in [1.54, 1.807) is 24.8 Å². The second kappa shape index (κ2) is 45.3. The van der Waals surface area contributed by atoms with E-state index in [0.717, 1.165) is 104 Å². The second-order valence-corrected chi connectivity index (χ2v) is 30.7. The van der Waals surface area contributed by atoms with Crippen LogP contribution in [0.4, 0.5) is 0 Å². The summed E-state index contributed by atoms with van der Waals surface area (Å²) in [5, 5.41) is 0. The molecule has 611 valence electrons. The van der Waals surface area contributed by atoms with Crippen LogP contribution in [0.1, 0.15) is 131 Å². The first-order valence-corrected chi connectivity index (χ1v) is 39.0. The Bertz CT molecular complexity index is 5720. The number of rotatable bonds is 12. The van der Waals surface area contributed by atoms with E-state index in [0.29, 0.717) is 5.92 Å². The first kappa shape index (κ1) is 96.0. The minimum atomic E-state index is 0. The molecule has 0 spiro atoms. The van der Waals surface area contributed by atoms with Crippen molar-refractivity contribution in [3.63, 3.8) is 0 Å². The van der Waals surface area contributed by atoms with Crippen molar-refractivity contribution in [1.29, 1.82) is 0 Å². The van der Waals surface area contributed by atoms with Gasteiger partial charge >= 0.3 is 0 Å². The van der Waals surface area contributed by atoms with Gasteiger partial charge in [0.05, 0.1) is 0 Å². The van der Waals surface area contributed by atoms with Crippen LogP contribution in [0.3, 0.4) is 0 Å². The van der Waals surface area contributed by atoms with E-state index < -0.39 is 0 Å². The Morgan fingerprint density at radius 1 is 0.297 bits per heavy atom. The van der Waals surface area contributed by atoms with Crippen LogP contribution in [0.5, 0.6) is 0 Å². The fourth-order valence-corrected chi connectivity index (χ4v) is 14.9. The van der Waals surface area contributed by atoms with Crippen LogP contribution >= 0.6 is 0 Å². The van der Waals surface area contributed by atoms with E-state index in [2.05, 4.69) is 320 Å². The monoisotopic (exact) mass is 2440 g/mol. The largest absolute Gasteiger partial charge is 0.352 e. The van der Waals surface area contributed by atoms with Gasteiger partial charge in [-0.15, -0.1) is 60.7 Å². The number of aryl methyl sites for hydroxylation is 13. The molecule has 10 heterocycles. The Hall–Kier alpha value is -9.15. The molecule has 0 saturated heterocycles. The summed E-state index contributed by atoms with van der Waals surface area (Å²) in [7, 11) is 0. The zero-order valence-corrected chi connectivity index (χ0v) is 81.8. The summed E-state index contributed by atoms with van der Waals surface area (Å²) < 4.78 is 0. The Balaban J connectivity index is 0.000000202. The third-order valence-corrected chi connectivity index (χ3v) is 20.5. The maximum atomic E-state index is 4.74. The number of hydrogen-bond acceptors (Lipinski definition) is 10. The molecule has 0 bridgehead atoms. The van der Waals surface area contributed by atoms with E-state index in [-0.39, 0.29) is 106 Å². The first-order chi connectivity index (χ1) is 54.6. The van der Waals surface area contributed by atoms with Gasteiger partial charge in [0.1, 0.15) is 0 Å². The fraction of sp³-hybridized carbons (Fsp3) is 0.223. The fourth-order valence-electron chi connectivity index (χ4n) is 14.9. The molecule has 118 heavy (non-hydrogen) atoms. The van der Waals surface area contributed by atoms with Gasteiger partial charge in [-0.05, 0) is 240 Å². The standard InChI is InChI=1S/C22H21N2.2C22H23N2.C19H17N2.C18H15N2.5Ir/c1-15-7-5-8-16(2)21(15)22-19(11-6-12-23-22)20-13-17-9-3-4-10-18(17)14-24-20;1-15-8-6-9-16(2)20(15)21-18(10-7-12-24-21)19-14-17(11-13-23-19)22(3,4)5;1-15(2)13-18-10-12-23-20(14-18)19-9-6-11-24-22(19)21-16(3)7-5-8-17(21)4;1-13-9-11-20-17(12-13)16-8-5-10-21-19(16)18-14(2)6-4-7-15(18)3;1-13-7-5-8-14(2)17(13)18-15(9-6-12-20-18)16-10-3-4-11-19-16;;;;;/h5-8,12-14H,3-4,9-10H2,1-2H3;6-9,11-14H,1-5H3;5-8,10-12,14-15H,13H2,1-4H3;4-7,9-12H,1-3H3;3-8,10-12H,1-2H3;;;;;/q5*-1;;;;;. The van der Waals surface area contributed by atoms with Gasteiger partial charge in [0, 0.05) is 132 Å². The molecule has 10 aromatic heterocycles. The van der Waals surface area contributed by atoms with Crippen LogP contribution in [0, 0.1) is 112 Å². The van der Waals surface area contributed by atoms with Crippen molar-refractivity contribution >= 4 is 0 Å². The van der Waals surface area contributed by atoms with Gasteiger partial charge in [-0.2, -0.15) is 0 Å². The van der Waals surface area contributed by atoms with Gasteiger partial charge in [-0.1, -0.05) is 293 Å². The van der Waals surface area contributed by atoms with Gasteiger partial charge < -0.3 is 49.8 Å². The summed E-state index contributed by atoms with van der Waals surface area (Å²) in [6, 6.07) is 78.3. The molecule has 0 fully saturated rings. The average Bonchev–Trinajstić information content (AvgIpc) is 0.836. The zero-order valence-electron chi connectivity index (χ0n) is 69.8. The molecule has 0 amide bonds. The van der Waals surface area contributed by atoms with Crippen LogP contribution in [-0.2, 0) is 125 Å². The Morgan fingerprint density at radius 2 is 0.610 bits per heavy atom. The second-order valence-electron chi connectivity index (χ2n) is 30.7. The molecule has 0 atom stereocenters. The number of nitrogens with zero attached hydrogens (tertiary/aromatic N) is 10. The van der Waals surface area contributed by atoms with Gasteiger partial charge in [0.15, 0.2) is 0 Å². The van der Waals surface area contributed by atoms with Crippen molar-refractivity contribution in [2.24, 2.45) is 5.92 Å². The third kappa shape index (κ3) is 23.9. The van der Waals surface area contributed by atoms with Gasteiger partial charge in [0.2, 0.25) is 0 Å². The molecule has 5 aromatic carbocycles. The van der Waals surface area contributed by atoms with E-state index in [1.165, 1.54) is 124 Å². The van der Waals surface area contributed by atoms with Gasteiger partial charge in [-0.3, -0.25) is 0 Å². The maximum absolute atomic E-state index is 4.74. The van der Waals surface area contributed by atoms with E-state index in [4.69, 9.17) is 4.98 Å². The normalized spacial score (nSPS) is 11.0. The van der Waals surface area contributed by atoms with Crippen molar-refractivity contribution in [2.45, 2.75) is 148 Å². The molecular weight excluding hydrogens is 2340 g/mol. The van der Waals surface area contributed by atoms with E-state index >= 15 is 0 Å². The summed E-state index contributed by atoms with van der Waals surface area (Å²) in [4.78, 5) is 46.0. The Labute approximate surface area is 767 Å². The number of fused-ring (bicyclic) bond motifs is 1. The molecule has 15 heteroatoms. The molecule has 5 radical (unpaired) electrons. The van der Waals surface area contributed by atoms with Crippen molar-refractivity contribution in [3.8, 4) is 113 Å². The van der Waals surface area contributed by atoms with Crippen LogP contribution in [0.25, 0.3) is 113 Å². The summed E-state index contributed by atoms with van der Waals surface area (Å²) in [5.74, 6) is 0.621. The number of pyridine rings is 10. The molecule has 10 nitrogen and oxygen atoms in total. The third-order valence-electron chi connectivity index (χ3n) is 20.5. The van der Waals surface area contributed by atoms with E-state index in [9.17, 15) is 0 Å². The van der Waals surface area contributed by atoms with Crippen molar-refractivity contribution < 1.29 is 101 Å². The van der Waals surface area contributed by atoms with Crippen LogP contribution < -0.4 is 0 Å².